The van der Waals surface area contributed by atoms with Crippen molar-refractivity contribution in [2.45, 2.75) is 39.5 Å². The third-order valence-corrected chi connectivity index (χ3v) is 3.75. The van der Waals surface area contributed by atoms with Gasteiger partial charge in [0.15, 0.2) is 0 Å². The molecule has 0 N–H and O–H groups in total. The van der Waals surface area contributed by atoms with Crippen LogP contribution in [0.4, 0.5) is 0 Å². The predicted molar refractivity (Wildman–Crippen MR) is 79.6 cm³/mol. The predicted octanol–water partition coefficient (Wildman–Crippen LogP) is 4.92. The van der Waals surface area contributed by atoms with Gasteiger partial charge in [-0.05, 0) is 36.3 Å². The van der Waals surface area contributed by atoms with Crippen LogP contribution in [0.2, 0.25) is 0 Å². The van der Waals surface area contributed by atoms with Crippen LogP contribution in [-0.2, 0) is 6.42 Å². The second-order valence-electron chi connectivity index (χ2n) is 5.36. The summed E-state index contributed by atoms with van der Waals surface area (Å²) in [7, 11) is 1.73. The zero-order valence-electron chi connectivity index (χ0n) is 11.8. The average Bonchev–Trinajstić information content (AvgIpc) is 2.37. The second kappa shape index (κ2) is 8.42. The lowest BCUT2D eigenvalue weighted by Gasteiger charge is -2.16. The van der Waals surface area contributed by atoms with Gasteiger partial charge < -0.3 is 4.74 Å². The number of methoxy groups -OCH3 is 1. The summed E-state index contributed by atoms with van der Waals surface area (Å²) in [6.45, 7) is 4.55. The molecule has 1 unspecified atom stereocenters. The third-order valence-electron chi connectivity index (χ3n) is 3.31. The van der Waals surface area contributed by atoms with Gasteiger partial charge in [0.1, 0.15) is 5.75 Å². The molecule has 0 bridgehead atoms. The molecule has 0 aliphatic carbocycles. The smallest absolute Gasteiger partial charge is 0.122 e. The largest absolute Gasteiger partial charge is 0.496 e. The van der Waals surface area contributed by atoms with Crippen LogP contribution in [0.5, 0.6) is 5.75 Å². The van der Waals surface area contributed by atoms with Gasteiger partial charge in [0.05, 0.1) is 7.11 Å². The van der Waals surface area contributed by atoms with Gasteiger partial charge in [0, 0.05) is 5.88 Å². The van der Waals surface area contributed by atoms with Gasteiger partial charge in [0.2, 0.25) is 0 Å². The first-order chi connectivity index (χ1) is 8.67. The zero-order chi connectivity index (χ0) is 13.4. The summed E-state index contributed by atoms with van der Waals surface area (Å²) in [5.74, 6) is 3.06. The van der Waals surface area contributed by atoms with Crippen molar-refractivity contribution in [1.82, 2.24) is 0 Å². The molecule has 0 aliphatic heterocycles. The summed E-state index contributed by atoms with van der Waals surface area (Å²) >= 11 is 6.09. The van der Waals surface area contributed by atoms with E-state index in [1.54, 1.807) is 7.11 Å². The van der Waals surface area contributed by atoms with Gasteiger partial charge >= 0.3 is 0 Å². The van der Waals surface area contributed by atoms with Crippen molar-refractivity contribution in [1.29, 1.82) is 0 Å². The van der Waals surface area contributed by atoms with Gasteiger partial charge in [-0.25, -0.2) is 0 Å². The Morgan fingerprint density at radius 2 is 1.89 bits per heavy atom. The van der Waals surface area contributed by atoms with Crippen molar-refractivity contribution < 1.29 is 4.74 Å². The first-order valence-electron chi connectivity index (χ1n) is 6.85. The number of para-hydroxylation sites is 1. The SMILES string of the molecule is COc1ccccc1CC(CCl)CCCC(C)C. The molecule has 0 saturated carbocycles. The summed E-state index contributed by atoms with van der Waals surface area (Å²) in [5, 5.41) is 0. The van der Waals surface area contributed by atoms with Crippen LogP contribution in [0, 0.1) is 11.8 Å². The summed E-state index contributed by atoms with van der Waals surface area (Å²) in [6, 6.07) is 8.24. The third kappa shape index (κ3) is 5.30. The molecule has 1 nitrogen and oxygen atoms in total. The molecule has 2 heteroatoms. The Morgan fingerprint density at radius 3 is 2.50 bits per heavy atom. The minimum Gasteiger partial charge on any atom is -0.496 e. The molecule has 0 aliphatic rings. The molecule has 0 aromatic heterocycles. The maximum atomic E-state index is 6.09. The number of halogens is 1. The average molecular weight is 269 g/mol. The monoisotopic (exact) mass is 268 g/mol. The van der Waals surface area contributed by atoms with E-state index in [1.165, 1.54) is 24.8 Å². The molecule has 1 aromatic rings. The Hall–Kier alpha value is -0.690. The summed E-state index contributed by atoms with van der Waals surface area (Å²) in [6.07, 6.45) is 4.79. The van der Waals surface area contributed by atoms with Gasteiger partial charge in [-0.15, -0.1) is 11.6 Å². The highest BCUT2D eigenvalue weighted by Crippen LogP contribution is 2.24. The van der Waals surface area contributed by atoms with Crippen LogP contribution < -0.4 is 4.74 Å². The highest BCUT2D eigenvalue weighted by atomic mass is 35.5. The van der Waals surface area contributed by atoms with Crippen molar-refractivity contribution in [3.63, 3.8) is 0 Å². The van der Waals surface area contributed by atoms with Crippen molar-refractivity contribution >= 4 is 11.6 Å². The maximum Gasteiger partial charge on any atom is 0.122 e. The van der Waals surface area contributed by atoms with E-state index in [0.717, 1.165) is 24.0 Å². The summed E-state index contributed by atoms with van der Waals surface area (Å²) < 4.78 is 5.39. The Kier molecular flexibility index (Phi) is 7.19. The first-order valence-corrected chi connectivity index (χ1v) is 7.38. The first kappa shape index (κ1) is 15.4. The van der Waals surface area contributed by atoms with Crippen LogP contribution in [0.3, 0.4) is 0 Å². The van der Waals surface area contributed by atoms with Gasteiger partial charge in [-0.1, -0.05) is 44.9 Å². The van der Waals surface area contributed by atoms with Crippen LogP contribution in [0.1, 0.15) is 38.7 Å². The van der Waals surface area contributed by atoms with E-state index < -0.39 is 0 Å². The number of hydrogen-bond donors (Lipinski definition) is 0. The molecule has 102 valence electrons. The molecule has 0 fully saturated rings. The molecule has 0 amide bonds. The van der Waals surface area contributed by atoms with Crippen LogP contribution in [0.25, 0.3) is 0 Å². The molecule has 1 atom stereocenters. The Bertz CT molecular complexity index is 336. The van der Waals surface area contributed by atoms with E-state index in [9.17, 15) is 0 Å². The quantitative estimate of drug-likeness (QED) is 0.608. The van der Waals surface area contributed by atoms with E-state index in [0.29, 0.717) is 5.92 Å². The van der Waals surface area contributed by atoms with Crippen LogP contribution in [-0.4, -0.2) is 13.0 Å². The van der Waals surface area contributed by atoms with Gasteiger partial charge in [-0.3, -0.25) is 0 Å². The lowest BCUT2D eigenvalue weighted by atomic mass is 9.93. The molecular formula is C16H25ClO. The Balaban J connectivity index is 2.51. The van der Waals surface area contributed by atoms with E-state index in [2.05, 4.69) is 26.0 Å². The number of hydrogen-bond acceptors (Lipinski definition) is 1. The van der Waals surface area contributed by atoms with Gasteiger partial charge in [-0.2, -0.15) is 0 Å². The van der Waals surface area contributed by atoms with E-state index in [1.807, 2.05) is 12.1 Å². The molecule has 1 aromatic carbocycles. The molecule has 0 radical (unpaired) electrons. The molecule has 0 spiro atoms. The summed E-state index contributed by atoms with van der Waals surface area (Å²) in [4.78, 5) is 0. The standard InChI is InChI=1S/C16H25ClO/c1-13(2)7-6-8-14(12-17)11-15-9-4-5-10-16(15)18-3/h4-5,9-10,13-14H,6-8,11-12H2,1-3H3. The second-order valence-corrected chi connectivity index (χ2v) is 5.67. The normalized spacial score (nSPS) is 12.7. The number of ether oxygens (including phenoxy) is 1. The van der Waals surface area contributed by atoms with E-state index in [-0.39, 0.29) is 0 Å². The van der Waals surface area contributed by atoms with Crippen molar-refractivity contribution in [3.8, 4) is 5.75 Å². The fourth-order valence-corrected chi connectivity index (χ4v) is 2.49. The summed E-state index contributed by atoms with van der Waals surface area (Å²) in [5.41, 5.74) is 1.27. The van der Waals surface area contributed by atoms with Crippen molar-refractivity contribution in [2.75, 3.05) is 13.0 Å². The highest BCUT2D eigenvalue weighted by Gasteiger charge is 2.11. The van der Waals surface area contributed by atoms with E-state index in [4.69, 9.17) is 16.3 Å². The van der Waals surface area contributed by atoms with Gasteiger partial charge in [0.25, 0.3) is 0 Å². The van der Waals surface area contributed by atoms with Crippen LogP contribution in [0.15, 0.2) is 24.3 Å². The fourth-order valence-electron chi connectivity index (χ4n) is 2.23. The Labute approximate surface area is 116 Å². The molecular weight excluding hydrogens is 244 g/mol. The zero-order valence-corrected chi connectivity index (χ0v) is 12.5. The molecule has 0 saturated heterocycles. The van der Waals surface area contributed by atoms with Crippen LogP contribution >= 0.6 is 11.6 Å². The fraction of sp³-hybridized carbons (Fsp3) is 0.625. The minimum atomic E-state index is 0.557. The lowest BCUT2D eigenvalue weighted by Crippen LogP contribution is -2.08. The molecule has 18 heavy (non-hydrogen) atoms. The topological polar surface area (TPSA) is 9.23 Å². The van der Waals surface area contributed by atoms with E-state index >= 15 is 0 Å². The minimum absolute atomic E-state index is 0.557. The lowest BCUT2D eigenvalue weighted by molar-refractivity contribution is 0.401. The number of benzene rings is 1. The maximum absolute atomic E-state index is 6.09. The number of alkyl halides is 1. The van der Waals surface area contributed by atoms with Crippen molar-refractivity contribution in [3.05, 3.63) is 29.8 Å². The number of rotatable bonds is 8. The molecule has 0 heterocycles. The Morgan fingerprint density at radius 1 is 1.17 bits per heavy atom. The van der Waals surface area contributed by atoms with Crippen molar-refractivity contribution in [2.24, 2.45) is 11.8 Å². The molecule has 1 rings (SSSR count). The highest BCUT2D eigenvalue weighted by molar-refractivity contribution is 6.18.